The first-order valence-electron chi connectivity index (χ1n) is 6.60. The van der Waals surface area contributed by atoms with Gasteiger partial charge in [-0.05, 0) is 30.7 Å². The van der Waals surface area contributed by atoms with Gasteiger partial charge in [0.1, 0.15) is 5.75 Å². The Labute approximate surface area is 112 Å². The minimum Gasteiger partial charge on any atom is -0.493 e. The van der Waals surface area contributed by atoms with Gasteiger partial charge in [-0.25, -0.2) is 0 Å². The Morgan fingerprint density at radius 2 is 2.16 bits per heavy atom. The molecule has 19 heavy (non-hydrogen) atoms. The molecule has 0 aliphatic rings. The summed E-state index contributed by atoms with van der Waals surface area (Å²) in [6.07, 6.45) is 6.60. The average Bonchev–Trinajstić information content (AvgIpc) is 3.07. The molecule has 2 aromatic heterocycles. The summed E-state index contributed by atoms with van der Waals surface area (Å²) in [7, 11) is 0. The number of ether oxygens (including phenoxy) is 1. The summed E-state index contributed by atoms with van der Waals surface area (Å²) in [4.78, 5) is 0. The van der Waals surface area contributed by atoms with Crippen LogP contribution in [0.2, 0.25) is 0 Å². The first-order chi connectivity index (χ1) is 9.38. The summed E-state index contributed by atoms with van der Waals surface area (Å²) in [6, 6.07) is 10.3. The molecular formula is C16H17NO2. The SMILES string of the molecule is CCCOc1cccc2c1ccn2Cc1ccoc1. The topological polar surface area (TPSA) is 27.3 Å². The Balaban J connectivity index is 1.94. The number of rotatable bonds is 5. The van der Waals surface area contributed by atoms with Crippen molar-refractivity contribution in [1.82, 2.24) is 4.57 Å². The fourth-order valence-corrected chi connectivity index (χ4v) is 2.25. The van der Waals surface area contributed by atoms with Crippen molar-refractivity contribution in [1.29, 1.82) is 0 Å². The van der Waals surface area contributed by atoms with E-state index in [1.807, 2.05) is 18.2 Å². The van der Waals surface area contributed by atoms with Gasteiger partial charge in [-0.15, -0.1) is 0 Å². The number of hydrogen-bond donors (Lipinski definition) is 0. The summed E-state index contributed by atoms with van der Waals surface area (Å²) >= 11 is 0. The second-order valence-electron chi connectivity index (χ2n) is 4.61. The van der Waals surface area contributed by atoms with E-state index in [1.165, 1.54) is 10.9 Å². The van der Waals surface area contributed by atoms with Crippen LogP contribution in [0.15, 0.2) is 53.5 Å². The fraction of sp³-hybridized carbons (Fsp3) is 0.250. The average molecular weight is 255 g/mol. The lowest BCUT2D eigenvalue weighted by Crippen LogP contribution is -1.97. The van der Waals surface area contributed by atoms with Crippen LogP contribution in [0.5, 0.6) is 5.75 Å². The summed E-state index contributed by atoms with van der Waals surface area (Å²) in [5.74, 6) is 0.963. The molecule has 1 aromatic carbocycles. The van der Waals surface area contributed by atoms with Gasteiger partial charge in [0.05, 0.1) is 31.2 Å². The molecule has 0 aliphatic carbocycles. The molecule has 0 radical (unpaired) electrons. The second-order valence-corrected chi connectivity index (χ2v) is 4.61. The predicted molar refractivity (Wildman–Crippen MR) is 75.5 cm³/mol. The first kappa shape index (κ1) is 11.9. The number of fused-ring (bicyclic) bond motifs is 1. The van der Waals surface area contributed by atoms with E-state index >= 15 is 0 Å². The number of nitrogens with zero attached hydrogens (tertiary/aromatic N) is 1. The quantitative estimate of drug-likeness (QED) is 0.687. The highest BCUT2D eigenvalue weighted by atomic mass is 16.5. The van der Waals surface area contributed by atoms with Gasteiger partial charge in [-0.1, -0.05) is 13.0 Å². The molecular weight excluding hydrogens is 238 g/mol. The van der Waals surface area contributed by atoms with Crippen LogP contribution in [0.25, 0.3) is 10.9 Å². The van der Waals surface area contributed by atoms with Crippen molar-refractivity contribution < 1.29 is 9.15 Å². The Morgan fingerprint density at radius 3 is 2.95 bits per heavy atom. The van der Waals surface area contributed by atoms with Gasteiger partial charge in [0.2, 0.25) is 0 Å². The molecule has 98 valence electrons. The molecule has 0 aliphatic heterocycles. The molecule has 0 unspecified atom stereocenters. The largest absolute Gasteiger partial charge is 0.493 e. The third-order valence-corrected chi connectivity index (χ3v) is 3.17. The smallest absolute Gasteiger partial charge is 0.128 e. The Morgan fingerprint density at radius 1 is 1.21 bits per heavy atom. The van der Waals surface area contributed by atoms with Crippen LogP contribution in [0, 0.1) is 0 Å². The van der Waals surface area contributed by atoms with Crippen LogP contribution in [0.4, 0.5) is 0 Å². The number of furan rings is 1. The lowest BCUT2D eigenvalue weighted by atomic mass is 10.2. The molecule has 2 heterocycles. The normalized spacial score (nSPS) is 11.0. The zero-order valence-electron chi connectivity index (χ0n) is 11.0. The van der Waals surface area contributed by atoms with Crippen LogP contribution in [0.1, 0.15) is 18.9 Å². The van der Waals surface area contributed by atoms with Gasteiger partial charge in [0, 0.05) is 17.1 Å². The molecule has 0 fully saturated rings. The standard InChI is InChI=1S/C16H17NO2/c1-2-9-19-16-5-3-4-15-14(16)6-8-17(15)11-13-7-10-18-12-13/h3-8,10,12H,2,9,11H2,1H3. The Kier molecular flexibility index (Phi) is 3.27. The van der Waals surface area contributed by atoms with Gasteiger partial charge in [0.15, 0.2) is 0 Å². The van der Waals surface area contributed by atoms with E-state index in [9.17, 15) is 0 Å². The minimum absolute atomic E-state index is 0.756. The van der Waals surface area contributed by atoms with E-state index in [0.717, 1.165) is 30.9 Å². The second kappa shape index (κ2) is 5.22. The van der Waals surface area contributed by atoms with Crippen LogP contribution < -0.4 is 4.74 Å². The van der Waals surface area contributed by atoms with E-state index in [-0.39, 0.29) is 0 Å². The van der Waals surface area contributed by atoms with Crippen molar-refractivity contribution in [2.24, 2.45) is 0 Å². The molecule has 0 atom stereocenters. The lowest BCUT2D eigenvalue weighted by Gasteiger charge is -2.07. The highest BCUT2D eigenvalue weighted by Gasteiger charge is 2.07. The highest BCUT2D eigenvalue weighted by Crippen LogP contribution is 2.27. The monoisotopic (exact) mass is 255 g/mol. The molecule has 3 aromatic rings. The molecule has 3 nitrogen and oxygen atoms in total. The third kappa shape index (κ3) is 2.36. The van der Waals surface area contributed by atoms with Crippen molar-refractivity contribution >= 4 is 10.9 Å². The van der Waals surface area contributed by atoms with Gasteiger partial charge < -0.3 is 13.7 Å². The fourth-order valence-electron chi connectivity index (χ4n) is 2.25. The summed E-state index contributed by atoms with van der Waals surface area (Å²) < 4.78 is 13.1. The number of hydrogen-bond acceptors (Lipinski definition) is 2. The third-order valence-electron chi connectivity index (χ3n) is 3.17. The van der Waals surface area contributed by atoms with Gasteiger partial charge >= 0.3 is 0 Å². The van der Waals surface area contributed by atoms with Crippen molar-refractivity contribution in [2.45, 2.75) is 19.9 Å². The number of benzene rings is 1. The van der Waals surface area contributed by atoms with Crippen LogP contribution in [-0.4, -0.2) is 11.2 Å². The summed E-state index contributed by atoms with van der Waals surface area (Å²) in [5.41, 5.74) is 2.35. The van der Waals surface area contributed by atoms with Crippen LogP contribution >= 0.6 is 0 Å². The van der Waals surface area contributed by atoms with E-state index < -0.39 is 0 Å². The predicted octanol–water partition coefficient (Wildman–Crippen LogP) is 4.07. The molecule has 0 saturated heterocycles. The summed E-state index contributed by atoms with van der Waals surface area (Å²) in [6.45, 7) is 3.69. The van der Waals surface area contributed by atoms with Gasteiger partial charge in [-0.3, -0.25) is 0 Å². The molecule has 0 amide bonds. The van der Waals surface area contributed by atoms with Crippen molar-refractivity contribution in [3.63, 3.8) is 0 Å². The van der Waals surface area contributed by atoms with Crippen molar-refractivity contribution in [3.8, 4) is 5.75 Å². The van der Waals surface area contributed by atoms with Crippen LogP contribution in [0.3, 0.4) is 0 Å². The Bertz CT molecular complexity index is 653. The minimum atomic E-state index is 0.756. The number of aromatic nitrogens is 1. The molecule has 0 bridgehead atoms. The van der Waals surface area contributed by atoms with E-state index in [4.69, 9.17) is 9.15 Å². The van der Waals surface area contributed by atoms with E-state index in [0.29, 0.717) is 0 Å². The maximum absolute atomic E-state index is 5.79. The molecule has 3 heteroatoms. The summed E-state index contributed by atoms with van der Waals surface area (Å²) in [5, 5.41) is 1.17. The van der Waals surface area contributed by atoms with Crippen molar-refractivity contribution in [2.75, 3.05) is 6.61 Å². The van der Waals surface area contributed by atoms with E-state index in [1.54, 1.807) is 12.5 Å². The molecule has 3 rings (SSSR count). The lowest BCUT2D eigenvalue weighted by molar-refractivity contribution is 0.321. The van der Waals surface area contributed by atoms with Gasteiger partial charge in [-0.2, -0.15) is 0 Å². The zero-order chi connectivity index (χ0) is 13.1. The first-order valence-corrected chi connectivity index (χ1v) is 6.60. The van der Waals surface area contributed by atoms with Crippen molar-refractivity contribution in [3.05, 3.63) is 54.6 Å². The van der Waals surface area contributed by atoms with Crippen LogP contribution in [-0.2, 0) is 6.54 Å². The molecule has 0 spiro atoms. The maximum Gasteiger partial charge on any atom is 0.128 e. The maximum atomic E-state index is 5.79. The Hall–Kier alpha value is -2.16. The molecule has 0 saturated carbocycles. The van der Waals surface area contributed by atoms with Gasteiger partial charge in [0.25, 0.3) is 0 Å². The zero-order valence-corrected chi connectivity index (χ0v) is 11.0. The van der Waals surface area contributed by atoms with E-state index in [2.05, 4.69) is 29.8 Å². The molecule has 0 N–H and O–H groups in total. The highest BCUT2D eigenvalue weighted by molar-refractivity contribution is 5.86.